The molecule has 3 rings (SSSR count). The molecule has 1 heterocycles. The fraction of sp³-hybridized carbons (Fsp3) is 0.611. The number of rotatable bonds is 5. The number of hydrogen-bond donors (Lipinski definition) is 1. The highest BCUT2D eigenvalue weighted by atomic mass is 16.4. The van der Waals surface area contributed by atoms with E-state index in [0.29, 0.717) is 12.6 Å². The molecule has 21 heavy (non-hydrogen) atoms. The van der Waals surface area contributed by atoms with Crippen molar-refractivity contribution in [1.82, 2.24) is 4.90 Å². The van der Waals surface area contributed by atoms with Crippen LogP contribution in [0.2, 0.25) is 0 Å². The first-order chi connectivity index (χ1) is 10.3. The van der Waals surface area contributed by atoms with Gasteiger partial charge in [0.15, 0.2) is 0 Å². The van der Waals surface area contributed by atoms with Crippen LogP contribution >= 0.6 is 0 Å². The molecule has 1 aromatic carbocycles. The van der Waals surface area contributed by atoms with E-state index in [1.807, 2.05) is 30.3 Å². The van der Waals surface area contributed by atoms with Crippen molar-refractivity contribution in [2.45, 2.75) is 50.5 Å². The molecule has 0 amide bonds. The average molecular weight is 287 g/mol. The van der Waals surface area contributed by atoms with Gasteiger partial charge in [-0.25, -0.2) is 0 Å². The third-order valence-corrected chi connectivity index (χ3v) is 5.28. The van der Waals surface area contributed by atoms with E-state index in [1.54, 1.807) is 0 Å². The molecule has 114 valence electrons. The Hall–Kier alpha value is -1.35. The zero-order valence-electron chi connectivity index (χ0n) is 12.6. The Morgan fingerprint density at radius 1 is 1.14 bits per heavy atom. The van der Waals surface area contributed by atoms with Crippen molar-refractivity contribution in [3.05, 3.63) is 35.9 Å². The number of nitrogens with zero attached hydrogens (tertiary/aromatic N) is 1. The highest BCUT2D eigenvalue weighted by Gasteiger charge is 2.35. The van der Waals surface area contributed by atoms with E-state index in [9.17, 15) is 9.90 Å². The molecule has 0 spiro atoms. The monoisotopic (exact) mass is 287 g/mol. The summed E-state index contributed by atoms with van der Waals surface area (Å²) in [5, 5.41) is 9.61. The second-order valence-corrected chi connectivity index (χ2v) is 6.55. The van der Waals surface area contributed by atoms with Gasteiger partial charge in [0.25, 0.3) is 0 Å². The van der Waals surface area contributed by atoms with Crippen molar-refractivity contribution in [2.24, 2.45) is 5.92 Å². The van der Waals surface area contributed by atoms with E-state index in [2.05, 4.69) is 4.90 Å². The van der Waals surface area contributed by atoms with Crippen LogP contribution in [0.4, 0.5) is 0 Å². The van der Waals surface area contributed by atoms with Gasteiger partial charge < -0.3 is 5.11 Å². The van der Waals surface area contributed by atoms with Crippen LogP contribution in [0.1, 0.15) is 50.0 Å². The van der Waals surface area contributed by atoms with E-state index in [0.717, 1.165) is 18.0 Å². The van der Waals surface area contributed by atoms with Crippen LogP contribution in [-0.4, -0.2) is 35.1 Å². The summed E-state index contributed by atoms with van der Waals surface area (Å²) in [7, 11) is 0. The number of aliphatic carboxylic acids is 1. The van der Waals surface area contributed by atoms with Gasteiger partial charge in [-0.05, 0) is 43.7 Å². The Bertz CT molecular complexity index is 467. The van der Waals surface area contributed by atoms with Gasteiger partial charge in [-0.1, -0.05) is 43.2 Å². The maximum absolute atomic E-state index is 11.7. The summed E-state index contributed by atoms with van der Waals surface area (Å²) in [6.45, 7) is 1.73. The molecule has 1 aliphatic heterocycles. The third-order valence-electron chi connectivity index (χ3n) is 5.28. The highest BCUT2D eigenvalue weighted by molar-refractivity contribution is 5.76. The van der Waals surface area contributed by atoms with Gasteiger partial charge in [-0.2, -0.15) is 0 Å². The van der Waals surface area contributed by atoms with Gasteiger partial charge in [0.1, 0.15) is 0 Å². The lowest BCUT2D eigenvalue weighted by atomic mass is 9.94. The maximum Gasteiger partial charge on any atom is 0.312 e. The van der Waals surface area contributed by atoms with Crippen molar-refractivity contribution < 1.29 is 9.90 Å². The quantitative estimate of drug-likeness (QED) is 0.901. The van der Waals surface area contributed by atoms with Crippen LogP contribution in [0.3, 0.4) is 0 Å². The molecular weight excluding hydrogens is 262 g/mol. The Kier molecular flexibility index (Phi) is 4.59. The lowest BCUT2D eigenvalue weighted by molar-refractivity contribution is -0.139. The standard InChI is InChI=1S/C18H25NO2/c20-18(21)16(14-7-2-1-3-8-14)13-19-12-6-11-17(19)15-9-4-5-10-15/h1-3,7-8,15-17H,4-6,9-13H2,(H,20,21). The number of carboxylic acid groups (broad SMARTS) is 1. The summed E-state index contributed by atoms with van der Waals surface area (Å²) in [5.41, 5.74) is 0.932. The second kappa shape index (κ2) is 6.61. The molecule has 2 fully saturated rings. The van der Waals surface area contributed by atoms with Crippen molar-refractivity contribution >= 4 is 5.97 Å². The summed E-state index contributed by atoms with van der Waals surface area (Å²) < 4.78 is 0. The molecule has 1 saturated carbocycles. The lowest BCUT2D eigenvalue weighted by Crippen LogP contribution is -2.39. The van der Waals surface area contributed by atoms with E-state index >= 15 is 0 Å². The second-order valence-electron chi connectivity index (χ2n) is 6.55. The largest absolute Gasteiger partial charge is 0.481 e. The molecule has 1 aliphatic carbocycles. The lowest BCUT2D eigenvalue weighted by Gasteiger charge is -2.31. The minimum Gasteiger partial charge on any atom is -0.481 e. The Labute approximate surface area is 127 Å². The van der Waals surface area contributed by atoms with Crippen molar-refractivity contribution in [3.8, 4) is 0 Å². The summed E-state index contributed by atoms with van der Waals surface area (Å²) in [5.74, 6) is -0.288. The minimum atomic E-state index is -0.696. The van der Waals surface area contributed by atoms with Crippen LogP contribution in [-0.2, 0) is 4.79 Å². The first kappa shape index (κ1) is 14.6. The van der Waals surface area contributed by atoms with E-state index in [4.69, 9.17) is 0 Å². The SMILES string of the molecule is O=C(O)C(CN1CCCC1C1CCCC1)c1ccccc1. The van der Waals surface area contributed by atoms with E-state index in [1.165, 1.54) is 38.5 Å². The Morgan fingerprint density at radius 3 is 2.52 bits per heavy atom. The molecule has 0 radical (unpaired) electrons. The van der Waals surface area contributed by atoms with Crippen LogP contribution in [0.15, 0.2) is 30.3 Å². The number of hydrogen-bond acceptors (Lipinski definition) is 2. The predicted molar refractivity (Wildman–Crippen MR) is 83.4 cm³/mol. The number of benzene rings is 1. The van der Waals surface area contributed by atoms with Gasteiger partial charge in [-0.3, -0.25) is 9.69 Å². The predicted octanol–water partition coefficient (Wildman–Crippen LogP) is 3.51. The number of likely N-dealkylation sites (tertiary alicyclic amines) is 1. The van der Waals surface area contributed by atoms with Crippen molar-refractivity contribution in [1.29, 1.82) is 0 Å². The summed E-state index contributed by atoms with van der Waals surface area (Å²) in [4.78, 5) is 14.1. The minimum absolute atomic E-state index is 0.395. The topological polar surface area (TPSA) is 40.5 Å². The first-order valence-electron chi connectivity index (χ1n) is 8.27. The molecule has 1 N–H and O–H groups in total. The number of carboxylic acids is 1. The molecule has 2 atom stereocenters. The van der Waals surface area contributed by atoms with E-state index in [-0.39, 0.29) is 0 Å². The maximum atomic E-state index is 11.7. The van der Waals surface area contributed by atoms with Crippen LogP contribution in [0.25, 0.3) is 0 Å². The van der Waals surface area contributed by atoms with Crippen molar-refractivity contribution in [3.63, 3.8) is 0 Å². The molecule has 3 heteroatoms. The van der Waals surface area contributed by atoms with Crippen LogP contribution < -0.4 is 0 Å². The van der Waals surface area contributed by atoms with Crippen LogP contribution in [0.5, 0.6) is 0 Å². The molecule has 0 bridgehead atoms. The van der Waals surface area contributed by atoms with Gasteiger partial charge in [0, 0.05) is 12.6 Å². The first-order valence-corrected chi connectivity index (χ1v) is 8.27. The summed E-state index contributed by atoms with van der Waals surface area (Å²) in [6, 6.07) is 10.3. The number of carbonyl (C=O) groups is 1. The van der Waals surface area contributed by atoms with E-state index < -0.39 is 11.9 Å². The van der Waals surface area contributed by atoms with Gasteiger partial charge in [0.05, 0.1) is 5.92 Å². The molecule has 1 aromatic rings. The summed E-state index contributed by atoms with van der Waals surface area (Å²) in [6.07, 6.45) is 7.87. The molecule has 2 unspecified atom stereocenters. The van der Waals surface area contributed by atoms with Gasteiger partial charge in [-0.15, -0.1) is 0 Å². The Balaban J connectivity index is 1.71. The normalized spacial score (nSPS) is 25.2. The Morgan fingerprint density at radius 2 is 1.86 bits per heavy atom. The van der Waals surface area contributed by atoms with Crippen LogP contribution in [0, 0.1) is 5.92 Å². The zero-order chi connectivity index (χ0) is 14.7. The van der Waals surface area contributed by atoms with Gasteiger partial charge >= 0.3 is 5.97 Å². The fourth-order valence-electron chi connectivity index (χ4n) is 4.20. The fourth-order valence-corrected chi connectivity index (χ4v) is 4.20. The van der Waals surface area contributed by atoms with Crippen molar-refractivity contribution in [2.75, 3.05) is 13.1 Å². The third kappa shape index (κ3) is 3.29. The average Bonchev–Trinajstić information content (AvgIpc) is 3.16. The molecule has 3 nitrogen and oxygen atoms in total. The van der Waals surface area contributed by atoms with Gasteiger partial charge in [0.2, 0.25) is 0 Å². The smallest absolute Gasteiger partial charge is 0.312 e. The highest BCUT2D eigenvalue weighted by Crippen LogP contribution is 2.36. The zero-order valence-corrected chi connectivity index (χ0v) is 12.6. The molecular formula is C18H25NO2. The molecule has 2 aliphatic rings. The molecule has 1 saturated heterocycles. The summed E-state index contributed by atoms with van der Waals surface area (Å²) >= 11 is 0. The molecule has 0 aromatic heterocycles.